The van der Waals surface area contributed by atoms with Crippen molar-refractivity contribution in [2.45, 2.75) is 39.2 Å². The van der Waals surface area contributed by atoms with Crippen molar-refractivity contribution in [2.24, 2.45) is 0 Å². The van der Waals surface area contributed by atoms with Gasteiger partial charge in [-0.15, -0.1) is 0 Å². The highest BCUT2D eigenvalue weighted by Crippen LogP contribution is 2.42. The number of Topliss-reactive ketones (excluding diaryl/α,β-unsaturated/α-hetero) is 1. The third-order valence-corrected chi connectivity index (χ3v) is 6.47. The molecule has 0 saturated carbocycles. The molecule has 200 valence electrons. The van der Waals surface area contributed by atoms with E-state index < -0.39 is 17.7 Å². The van der Waals surface area contributed by atoms with Gasteiger partial charge in [0.2, 0.25) is 0 Å². The van der Waals surface area contributed by atoms with Crippen LogP contribution in [0.2, 0.25) is 0 Å². The Hall–Kier alpha value is -3.52. The predicted octanol–water partition coefficient (Wildman–Crippen LogP) is 4.56. The molecule has 8 nitrogen and oxygen atoms in total. The maximum atomic E-state index is 13.3. The Bertz CT molecular complexity index is 1160. The van der Waals surface area contributed by atoms with E-state index in [0.29, 0.717) is 42.2 Å². The molecule has 1 heterocycles. The molecule has 0 aromatic heterocycles. The molecule has 8 heteroatoms. The Balaban J connectivity index is 2.08. The molecular weight excluding hydrogens is 472 g/mol. The zero-order chi connectivity index (χ0) is 27.1. The van der Waals surface area contributed by atoms with Crippen LogP contribution in [0.5, 0.6) is 17.2 Å². The number of carbonyl (C=O) groups excluding carboxylic acids is 2. The second kappa shape index (κ2) is 12.6. The van der Waals surface area contributed by atoms with E-state index in [-0.39, 0.29) is 11.3 Å². The first kappa shape index (κ1) is 28.1. The zero-order valence-corrected chi connectivity index (χ0v) is 22.7. The van der Waals surface area contributed by atoms with Gasteiger partial charge in [-0.05, 0) is 81.9 Å². The summed E-state index contributed by atoms with van der Waals surface area (Å²) >= 11 is 0. The van der Waals surface area contributed by atoms with Crippen LogP contribution in [0.15, 0.2) is 42.0 Å². The first-order valence-corrected chi connectivity index (χ1v) is 12.6. The summed E-state index contributed by atoms with van der Waals surface area (Å²) in [6.07, 6.45) is 2.65. The fourth-order valence-electron chi connectivity index (χ4n) is 4.48. The Morgan fingerprint density at radius 3 is 2.32 bits per heavy atom. The van der Waals surface area contributed by atoms with Crippen molar-refractivity contribution in [1.29, 1.82) is 0 Å². The van der Waals surface area contributed by atoms with Crippen LogP contribution in [0.3, 0.4) is 0 Å². The van der Waals surface area contributed by atoms with E-state index in [9.17, 15) is 14.7 Å². The fourth-order valence-corrected chi connectivity index (χ4v) is 4.48. The van der Waals surface area contributed by atoms with Gasteiger partial charge in [-0.25, -0.2) is 0 Å². The van der Waals surface area contributed by atoms with E-state index in [1.807, 2.05) is 25.9 Å². The van der Waals surface area contributed by atoms with Gasteiger partial charge in [-0.3, -0.25) is 9.59 Å². The molecule has 1 amide bonds. The van der Waals surface area contributed by atoms with Crippen molar-refractivity contribution in [3.63, 3.8) is 0 Å². The number of rotatable bonds is 12. The molecule has 37 heavy (non-hydrogen) atoms. The van der Waals surface area contributed by atoms with Gasteiger partial charge in [0.05, 0.1) is 32.4 Å². The molecule has 1 atom stereocenters. The van der Waals surface area contributed by atoms with Crippen LogP contribution in [-0.4, -0.2) is 74.6 Å². The SMILES string of the molecule is CCCCOc1ccc(/C(O)=C2/C(=O)C(=O)N(CCCN(C)C)C2c2ccc(OC)c(OC)c2)cc1C. The average Bonchev–Trinajstić information content (AvgIpc) is 3.13. The maximum absolute atomic E-state index is 13.3. The van der Waals surface area contributed by atoms with E-state index in [2.05, 4.69) is 6.92 Å². The number of likely N-dealkylation sites (tertiary alicyclic amines) is 1. The minimum absolute atomic E-state index is 0.0566. The van der Waals surface area contributed by atoms with Gasteiger partial charge in [0.15, 0.2) is 11.5 Å². The monoisotopic (exact) mass is 510 g/mol. The van der Waals surface area contributed by atoms with Crippen LogP contribution in [0.25, 0.3) is 5.76 Å². The minimum Gasteiger partial charge on any atom is -0.507 e. The van der Waals surface area contributed by atoms with E-state index in [1.165, 1.54) is 12.0 Å². The topological polar surface area (TPSA) is 88.5 Å². The third-order valence-electron chi connectivity index (χ3n) is 6.47. The van der Waals surface area contributed by atoms with Crippen LogP contribution in [-0.2, 0) is 9.59 Å². The highest BCUT2D eigenvalue weighted by molar-refractivity contribution is 6.46. The summed E-state index contributed by atoms with van der Waals surface area (Å²) in [5.74, 6) is 0.190. The summed E-state index contributed by atoms with van der Waals surface area (Å²) in [5, 5.41) is 11.4. The number of benzene rings is 2. The molecule has 3 rings (SSSR count). The van der Waals surface area contributed by atoms with Gasteiger partial charge in [0, 0.05) is 12.1 Å². The maximum Gasteiger partial charge on any atom is 0.295 e. The number of aliphatic hydroxyl groups is 1. The normalized spacial score (nSPS) is 16.9. The smallest absolute Gasteiger partial charge is 0.295 e. The quantitative estimate of drug-likeness (QED) is 0.194. The molecule has 1 unspecified atom stereocenters. The lowest BCUT2D eigenvalue weighted by Gasteiger charge is -2.26. The lowest BCUT2D eigenvalue weighted by Crippen LogP contribution is -2.32. The number of ketones is 1. The second-order valence-corrected chi connectivity index (χ2v) is 9.45. The number of amides is 1. The molecule has 1 saturated heterocycles. The number of hydrogen-bond donors (Lipinski definition) is 1. The number of aryl methyl sites for hydroxylation is 1. The number of carbonyl (C=O) groups is 2. The minimum atomic E-state index is -0.761. The second-order valence-electron chi connectivity index (χ2n) is 9.45. The first-order chi connectivity index (χ1) is 17.7. The lowest BCUT2D eigenvalue weighted by atomic mass is 9.94. The number of nitrogens with zero attached hydrogens (tertiary/aromatic N) is 2. The van der Waals surface area contributed by atoms with Gasteiger partial charge in [-0.1, -0.05) is 19.4 Å². The number of methoxy groups -OCH3 is 2. The summed E-state index contributed by atoms with van der Waals surface area (Å²) in [7, 11) is 6.99. The molecular formula is C29H38N2O6. The van der Waals surface area contributed by atoms with Crippen LogP contribution in [0.4, 0.5) is 0 Å². The summed E-state index contributed by atoms with van der Waals surface area (Å²) in [5.41, 5.74) is 2.00. The summed E-state index contributed by atoms with van der Waals surface area (Å²) in [4.78, 5) is 30.1. The fraction of sp³-hybridized carbons (Fsp3) is 0.448. The van der Waals surface area contributed by atoms with Gasteiger partial charge in [0.25, 0.3) is 11.7 Å². The molecule has 0 bridgehead atoms. The molecule has 0 spiro atoms. The van der Waals surface area contributed by atoms with Crippen molar-refractivity contribution in [1.82, 2.24) is 9.80 Å². The third kappa shape index (κ3) is 6.25. The first-order valence-electron chi connectivity index (χ1n) is 12.6. The molecule has 1 aliphatic rings. The predicted molar refractivity (Wildman–Crippen MR) is 143 cm³/mol. The van der Waals surface area contributed by atoms with Crippen molar-refractivity contribution >= 4 is 17.4 Å². The van der Waals surface area contributed by atoms with E-state index >= 15 is 0 Å². The van der Waals surface area contributed by atoms with Crippen molar-refractivity contribution in [3.05, 3.63) is 58.7 Å². The Kier molecular flexibility index (Phi) is 9.58. The summed E-state index contributed by atoms with van der Waals surface area (Å²) < 4.78 is 16.7. The van der Waals surface area contributed by atoms with E-state index in [4.69, 9.17) is 14.2 Å². The molecule has 2 aromatic rings. The van der Waals surface area contributed by atoms with Crippen LogP contribution in [0, 0.1) is 6.92 Å². The van der Waals surface area contributed by atoms with Crippen LogP contribution >= 0.6 is 0 Å². The van der Waals surface area contributed by atoms with E-state index in [0.717, 1.165) is 30.7 Å². The molecule has 0 radical (unpaired) electrons. The average molecular weight is 511 g/mol. The molecule has 1 N–H and O–H groups in total. The Morgan fingerprint density at radius 2 is 1.70 bits per heavy atom. The van der Waals surface area contributed by atoms with Gasteiger partial charge >= 0.3 is 0 Å². The standard InChI is InChI=1S/C29H38N2O6/c1-7-8-16-37-22-12-11-21(17-19(22)2)27(32)25-26(20-10-13-23(35-5)24(18-20)36-6)31(29(34)28(25)33)15-9-14-30(3)4/h10-13,17-18,26,32H,7-9,14-16H2,1-6H3/b27-25-. The number of ether oxygens (including phenoxy) is 3. The van der Waals surface area contributed by atoms with Crippen LogP contribution < -0.4 is 14.2 Å². The van der Waals surface area contributed by atoms with Crippen molar-refractivity contribution < 1.29 is 28.9 Å². The van der Waals surface area contributed by atoms with Gasteiger partial charge < -0.3 is 29.1 Å². The van der Waals surface area contributed by atoms with Gasteiger partial charge in [0.1, 0.15) is 11.5 Å². The highest BCUT2D eigenvalue weighted by Gasteiger charge is 2.46. The zero-order valence-electron chi connectivity index (χ0n) is 22.7. The summed E-state index contributed by atoms with van der Waals surface area (Å²) in [6, 6.07) is 9.80. The number of aliphatic hydroxyl groups excluding tert-OH is 1. The van der Waals surface area contributed by atoms with E-state index in [1.54, 1.807) is 43.5 Å². The highest BCUT2D eigenvalue weighted by atomic mass is 16.5. The van der Waals surface area contributed by atoms with Crippen molar-refractivity contribution in [2.75, 3.05) is 48.0 Å². The number of unbranched alkanes of at least 4 members (excludes halogenated alkanes) is 1. The van der Waals surface area contributed by atoms with Crippen LogP contribution in [0.1, 0.15) is 48.9 Å². The molecule has 1 fully saturated rings. The molecule has 2 aromatic carbocycles. The summed E-state index contributed by atoms with van der Waals surface area (Å²) in [6.45, 7) is 5.72. The Labute approximate surface area is 219 Å². The lowest BCUT2D eigenvalue weighted by molar-refractivity contribution is -0.139. The number of hydrogen-bond acceptors (Lipinski definition) is 7. The van der Waals surface area contributed by atoms with Gasteiger partial charge in [-0.2, -0.15) is 0 Å². The Morgan fingerprint density at radius 1 is 1.00 bits per heavy atom. The molecule has 0 aliphatic carbocycles. The van der Waals surface area contributed by atoms with Crippen molar-refractivity contribution in [3.8, 4) is 17.2 Å². The largest absolute Gasteiger partial charge is 0.507 e. The molecule has 1 aliphatic heterocycles.